The summed E-state index contributed by atoms with van der Waals surface area (Å²) in [6.45, 7) is 0. The highest BCUT2D eigenvalue weighted by atomic mass is 79.9. The van der Waals surface area contributed by atoms with E-state index in [9.17, 15) is 0 Å². The van der Waals surface area contributed by atoms with Crippen molar-refractivity contribution in [2.45, 2.75) is 5.38 Å². The fourth-order valence-electron chi connectivity index (χ4n) is 1.52. The Morgan fingerprint density at radius 3 is 2.59 bits per heavy atom. The average molecular weight is 397 g/mol. The Morgan fingerprint density at radius 2 is 2.00 bits per heavy atom. The first kappa shape index (κ1) is 13.4. The second kappa shape index (κ2) is 5.74. The van der Waals surface area contributed by atoms with Crippen LogP contribution < -0.4 is 4.74 Å². The zero-order chi connectivity index (χ0) is 12.4. The van der Waals surface area contributed by atoms with E-state index in [1.165, 1.54) is 0 Å². The molecule has 1 unspecified atom stereocenters. The molecule has 1 nitrogen and oxygen atoms in total. The fraction of sp³-hybridized carbons (Fsp3) is 0.167. The summed E-state index contributed by atoms with van der Waals surface area (Å²) < 4.78 is 7.41. The summed E-state index contributed by atoms with van der Waals surface area (Å²) in [7, 11) is 1.65. The van der Waals surface area contributed by atoms with Gasteiger partial charge in [-0.15, -0.1) is 22.9 Å². The lowest BCUT2D eigenvalue weighted by atomic mass is 10.1. The molecule has 5 heteroatoms. The van der Waals surface area contributed by atoms with Crippen molar-refractivity contribution in [1.29, 1.82) is 0 Å². The van der Waals surface area contributed by atoms with Crippen LogP contribution in [0.5, 0.6) is 5.75 Å². The summed E-state index contributed by atoms with van der Waals surface area (Å²) in [6, 6.07) is 9.87. The minimum atomic E-state index is -0.196. The Bertz CT molecular complexity index is 527. The predicted molar refractivity (Wildman–Crippen MR) is 80.4 cm³/mol. The van der Waals surface area contributed by atoms with E-state index >= 15 is 0 Å². The summed E-state index contributed by atoms with van der Waals surface area (Å²) in [5, 5.41) is -0.196. The Morgan fingerprint density at radius 1 is 1.24 bits per heavy atom. The minimum absolute atomic E-state index is 0.196. The number of methoxy groups -OCH3 is 1. The Labute approximate surface area is 126 Å². The van der Waals surface area contributed by atoms with Gasteiger partial charge in [-0.2, -0.15) is 0 Å². The minimum Gasteiger partial charge on any atom is -0.496 e. The molecule has 0 amide bonds. The first-order chi connectivity index (χ1) is 8.11. The van der Waals surface area contributed by atoms with Gasteiger partial charge in [-0.25, -0.2) is 0 Å². The van der Waals surface area contributed by atoms with Gasteiger partial charge in [0.15, 0.2) is 0 Å². The maximum absolute atomic E-state index is 6.49. The Balaban J connectivity index is 2.42. The van der Waals surface area contributed by atoms with Crippen LogP contribution in [0.15, 0.2) is 38.6 Å². The van der Waals surface area contributed by atoms with Gasteiger partial charge in [-0.1, -0.05) is 15.9 Å². The molecule has 1 heterocycles. The van der Waals surface area contributed by atoms with Crippen LogP contribution in [0.25, 0.3) is 0 Å². The molecule has 17 heavy (non-hydrogen) atoms. The van der Waals surface area contributed by atoms with E-state index in [4.69, 9.17) is 16.3 Å². The van der Waals surface area contributed by atoms with Gasteiger partial charge in [0.25, 0.3) is 0 Å². The van der Waals surface area contributed by atoms with E-state index in [0.29, 0.717) is 0 Å². The van der Waals surface area contributed by atoms with Crippen molar-refractivity contribution in [3.8, 4) is 5.75 Å². The molecule has 1 atom stereocenters. The van der Waals surface area contributed by atoms with Crippen molar-refractivity contribution in [1.82, 2.24) is 0 Å². The number of benzene rings is 1. The summed E-state index contributed by atoms with van der Waals surface area (Å²) in [4.78, 5) is 1.09. The second-order valence-electron chi connectivity index (χ2n) is 3.39. The number of halogens is 3. The maximum atomic E-state index is 6.49. The van der Waals surface area contributed by atoms with Crippen LogP contribution >= 0.6 is 54.8 Å². The van der Waals surface area contributed by atoms with Gasteiger partial charge in [0, 0.05) is 14.9 Å². The van der Waals surface area contributed by atoms with E-state index in [-0.39, 0.29) is 5.38 Å². The molecule has 0 aliphatic heterocycles. The summed E-state index contributed by atoms with van der Waals surface area (Å²) in [5.74, 6) is 0.803. The first-order valence-corrected chi connectivity index (χ1v) is 7.68. The predicted octanol–water partition coefficient (Wildman–Crippen LogP) is 5.61. The first-order valence-electron chi connectivity index (χ1n) is 4.84. The molecule has 0 saturated carbocycles. The molecule has 1 aromatic heterocycles. The van der Waals surface area contributed by atoms with Crippen LogP contribution in [-0.4, -0.2) is 7.11 Å². The average Bonchev–Trinajstić information content (AvgIpc) is 2.75. The van der Waals surface area contributed by atoms with Crippen LogP contribution in [0.3, 0.4) is 0 Å². The second-order valence-corrected chi connectivity index (χ2v) is 7.24. The molecular formula is C12H9Br2ClOS. The number of hydrogen-bond acceptors (Lipinski definition) is 2. The molecule has 90 valence electrons. The van der Waals surface area contributed by atoms with Gasteiger partial charge in [0.2, 0.25) is 0 Å². The van der Waals surface area contributed by atoms with Crippen LogP contribution in [0, 0.1) is 0 Å². The SMILES string of the molecule is COc1ccc(Br)cc1C(Cl)c1ccc(Br)s1. The van der Waals surface area contributed by atoms with Gasteiger partial charge in [-0.3, -0.25) is 0 Å². The number of alkyl halides is 1. The monoisotopic (exact) mass is 394 g/mol. The van der Waals surface area contributed by atoms with Crippen LogP contribution in [0.4, 0.5) is 0 Å². The standard InChI is InChI=1S/C12H9Br2ClOS/c1-16-9-3-2-7(13)6-8(9)12(15)10-4-5-11(14)17-10/h2-6,12H,1H3. The molecular weight excluding hydrogens is 387 g/mol. The van der Waals surface area contributed by atoms with Crippen molar-refractivity contribution in [2.75, 3.05) is 7.11 Å². The normalized spacial score (nSPS) is 12.5. The van der Waals surface area contributed by atoms with Crippen molar-refractivity contribution >= 4 is 54.8 Å². The van der Waals surface area contributed by atoms with Crippen LogP contribution in [-0.2, 0) is 0 Å². The molecule has 0 saturated heterocycles. The van der Waals surface area contributed by atoms with Gasteiger partial charge < -0.3 is 4.74 Å². The van der Waals surface area contributed by atoms with Crippen LogP contribution in [0.1, 0.15) is 15.8 Å². The number of hydrogen-bond donors (Lipinski definition) is 0. The molecule has 0 radical (unpaired) electrons. The van der Waals surface area contributed by atoms with E-state index in [1.807, 2.05) is 30.3 Å². The molecule has 0 N–H and O–H groups in total. The lowest BCUT2D eigenvalue weighted by Crippen LogP contribution is -1.95. The van der Waals surface area contributed by atoms with Gasteiger partial charge >= 0.3 is 0 Å². The summed E-state index contributed by atoms with van der Waals surface area (Å²) in [6.07, 6.45) is 0. The topological polar surface area (TPSA) is 9.23 Å². The lowest BCUT2D eigenvalue weighted by molar-refractivity contribution is 0.410. The maximum Gasteiger partial charge on any atom is 0.124 e. The van der Waals surface area contributed by atoms with Crippen molar-refractivity contribution in [3.63, 3.8) is 0 Å². The van der Waals surface area contributed by atoms with Crippen molar-refractivity contribution in [2.24, 2.45) is 0 Å². The highest BCUT2D eigenvalue weighted by Gasteiger charge is 2.17. The summed E-state index contributed by atoms with van der Waals surface area (Å²) in [5.41, 5.74) is 0.970. The molecule has 0 aliphatic carbocycles. The Hall–Kier alpha value is -0.0300. The molecule has 0 fully saturated rings. The number of ether oxygens (including phenoxy) is 1. The highest BCUT2D eigenvalue weighted by Crippen LogP contribution is 2.40. The van der Waals surface area contributed by atoms with E-state index in [2.05, 4.69) is 31.9 Å². The third-order valence-electron chi connectivity index (χ3n) is 2.31. The number of thiophene rings is 1. The van der Waals surface area contributed by atoms with Gasteiger partial charge in [-0.05, 0) is 46.3 Å². The third kappa shape index (κ3) is 3.05. The zero-order valence-electron chi connectivity index (χ0n) is 8.91. The molecule has 1 aromatic carbocycles. The van der Waals surface area contributed by atoms with E-state index < -0.39 is 0 Å². The van der Waals surface area contributed by atoms with Crippen LogP contribution in [0.2, 0.25) is 0 Å². The quantitative estimate of drug-likeness (QED) is 0.613. The molecule has 0 spiro atoms. The molecule has 2 aromatic rings. The molecule has 0 bridgehead atoms. The van der Waals surface area contributed by atoms with Gasteiger partial charge in [0.05, 0.1) is 16.3 Å². The summed E-state index contributed by atoms with van der Waals surface area (Å²) >= 11 is 15.0. The highest BCUT2D eigenvalue weighted by molar-refractivity contribution is 9.11. The van der Waals surface area contributed by atoms with E-state index in [1.54, 1.807) is 18.4 Å². The van der Waals surface area contributed by atoms with Crippen molar-refractivity contribution < 1.29 is 4.74 Å². The Kier molecular flexibility index (Phi) is 4.53. The fourth-order valence-corrected chi connectivity index (χ4v) is 3.70. The van der Waals surface area contributed by atoms with E-state index in [0.717, 1.165) is 24.4 Å². The molecule has 0 aliphatic rings. The number of rotatable bonds is 3. The lowest BCUT2D eigenvalue weighted by Gasteiger charge is -2.13. The molecule has 2 rings (SSSR count). The largest absolute Gasteiger partial charge is 0.496 e. The van der Waals surface area contributed by atoms with Crippen molar-refractivity contribution in [3.05, 3.63) is 49.0 Å². The third-order valence-corrected chi connectivity index (χ3v) is 5.09. The van der Waals surface area contributed by atoms with Gasteiger partial charge in [0.1, 0.15) is 5.75 Å². The zero-order valence-corrected chi connectivity index (χ0v) is 13.7. The smallest absolute Gasteiger partial charge is 0.124 e.